The number of hydrogen-bond acceptors (Lipinski definition) is 2. The molecule has 0 fully saturated rings. The summed E-state index contributed by atoms with van der Waals surface area (Å²) in [7, 11) is 0. The van der Waals surface area contributed by atoms with E-state index in [4.69, 9.17) is 9.47 Å². The van der Waals surface area contributed by atoms with Crippen LogP contribution in [0, 0.1) is 0 Å². The number of fused-ring (bicyclic) bond motifs is 3. The van der Waals surface area contributed by atoms with Gasteiger partial charge in [-0.2, -0.15) is 0 Å². The second-order valence-corrected chi connectivity index (χ2v) is 7.57. The lowest BCUT2D eigenvalue weighted by Gasteiger charge is -2.21. The molecule has 0 saturated heterocycles. The standard InChI is InChI=1S/C28H20O2/c1-2-8-19(9-3-1)27-21-10-4-6-12-23(21)28(24-13-7-5-11-22(24)27)20-14-15-25-26(18-20)30-17-16-29-25/h1-15,18H,16-17H2. The lowest BCUT2D eigenvalue weighted by molar-refractivity contribution is 0.171. The van der Waals surface area contributed by atoms with Crippen LogP contribution in [0.25, 0.3) is 43.8 Å². The Bertz CT molecular complexity index is 1330. The van der Waals surface area contributed by atoms with Crippen molar-refractivity contribution in [2.75, 3.05) is 13.2 Å². The first-order valence-electron chi connectivity index (χ1n) is 10.3. The van der Waals surface area contributed by atoms with Gasteiger partial charge in [-0.3, -0.25) is 0 Å². The van der Waals surface area contributed by atoms with Gasteiger partial charge in [0, 0.05) is 0 Å². The summed E-state index contributed by atoms with van der Waals surface area (Å²) in [6.45, 7) is 1.19. The highest BCUT2D eigenvalue weighted by Crippen LogP contribution is 2.45. The van der Waals surface area contributed by atoms with E-state index in [0.717, 1.165) is 17.1 Å². The van der Waals surface area contributed by atoms with Gasteiger partial charge in [-0.25, -0.2) is 0 Å². The molecule has 2 heteroatoms. The number of benzene rings is 5. The van der Waals surface area contributed by atoms with E-state index in [0.29, 0.717) is 13.2 Å². The largest absolute Gasteiger partial charge is 0.486 e. The lowest BCUT2D eigenvalue weighted by Crippen LogP contribution is -2.15. The molecule has 0 saturated carbocycles. The summed E-state index contributed by atoms with van der Waals surface area (Å²) in [5, 5.41) is 5.00. The summed E-state index contributed by atoms with van der Waals surface area (Å²) in [4.78, 5) is 0. The number of hydrogen-bond donors (Lipinski definition) is 0. The van der Waals surface area contributed by atoms with E-state index in [1.54, 1.807) is 0 Å². The van der Waals surface area contributed by atoms with Gasteiger partial charge >= 0.3 is 0 Å². The molecule has 0 aromatic heterocycles. The maximum absolute atomic E-state index is 5.88. The van der Waals surface area contributed by atoms with E-state index >= 15 is 0 Å². The molecule has 1 aliphatic heterocycles. The SMILES string of the molecule is c1ccc(-c2c3ccccc3c(-c3ccc4c(c3)OCCO4)c3ccccc23)cc1. The number of rotatable bonds is 2. The normalized spacial score (nSPS) is 12.9. The van der Waals surface area contributed by atoms with Crippen molar-refractivity contribution in [3.63, 3.8) is 0 Å². The minimum Gasteiger partial charge on any atom is -0.486 e. The Balaban J connectivity index is 1.74. The van der Waals surface area contributed by atoms with Crippen LogP contribution in [0.15, 0.2) is 97.1 Å². The van der Waals surface area contributed by atoms with Gasteiger partial charge < -0.3 is 9.47 Å². The van der Waals surface area contributed by atoms with Gasteiger partial charge in [0.25, 0.3) is 0 Å². The summed E-state index contributed by atoms with van der Waals surface area (Å²) in [5.41, 5.74) is 4.89. The van der Waals surface area contributed by atoms with Crippen molar-refractivity contribution in [3.8, 4) is 33.8 Å². The lowest BCUT2D eigenvalue weighted by atomic mass is 9.86. The highest BCUT2D eigenvalue weighted by molar-refractivity contribution is 6.21. The molecule has 0 spiro atoms. The summed E-state index contributed by atoms with van der Waals surface area (Å²) in [5.74, 6) is 1.64. The predicted molar refractivity (Wildman–Crippen MR) is 123 cm³/mol. The van der Waals surface area contributed by atoms with Crippen LogP contribution >= 0.6 is 0 Å². The summed E-state index contributed by atoms with van der Waals surface area (Å²) < 4.78 is 11.6. The third-order valence-electron chi connectivity index (χ3n) is 5.82. The molecule has 1 aliphatic rings. The van der Waals surface area contributed by atoms with Gasteiger partial charge in [0.2, 0.25) is 0 Å². The minimum absolute atomic E-state index is 0.588. The highest BCUT2D eigenvalue weighted by atomic mass is 16.6. The third-order valence-corrected chi connectivity index (χ3v) is 5.82. The van der Waals surface area contributed by atoms with Crippen LogP contribution in [-0.4, -0.2) is 13.2 Å². The fourth-order valence-corrected chi connectivity index (χ4v) is 4.55. The van der Waals surface area contributed by atoms with Gasteiger partial charge in [0.15, 0.2) is 11.5 Å². The average Bonchev–Trinajstić information content (AvgIpc) is 2.82. The summed E-state index contributed by atoms with van der Waals surface area (Å²) in [6.07, 6.45) is 0. The molecule has 0 N–H and O–H groups in total. The Kier molecular flexibility index (Phi) is 3.95. The van der Waals surface area contributed by atoms with E-state index in [1.165, 1.54) is 38.2 Å². The fraction of sp³-hybridized carbons (Fsp3) is 0.0714. The van der Waals surface area contributed by atoms with Gasteiger partial charge in [-0.05, 0) is 55.9 Å². The highest BCUT2D eigenvalue weighted by Gasteiger charge is 2.18. The zero-order valence-electron chi connectivity index (χ0n) is 16.5. The molecule has 6 rings (SSSR count). The van der Waals surface area contributed by atoms with Crippen LogP contribution in [-0.2, 0) is 0 Å². The maximum atomic E-state index is 5.88. The van der Waals surface area contributed by atoms with Crippen molar-refractivity contribution >= 4 is 21.5 Å². The zero-order chi connectivity index (χ0) is 19.9. The van der Waals surface area contributed by atoms with E-state index in [9.17, 15) is 0 Å². The van der Waals surface area contributed by atoms with Crippen molar-refractivity contribution in [1.29, 1.82) is 0 Å². The minimum atomic E-state index is 0.588. The molecular formula is C28H20O2. The quantitative estimate of drug-likeness (QED) is 0.300. The van der Waals surface area contributed by atoms with E-state index in [2.05, 4.69) is 91.0 Å². The van der Waals surface area contributed by atoms with Crippen LogP contribution in [0.4, 0.5) is 0 Å². The van der Waals surface area contributed by atoms with Crippen molar-refractivity contribution in [2.45, 2.75) is 0 Å². The molecule has 144 valence electrons. The van der Waals surface area contributed by atoms with Crippen LogP contribution in [0.2, 0.25) is 0 Å². The Labute approximate surface area is 175 Å². The monoisotopic (exact) mass is 388 g/mol. The Hall–Kier alpha value is -3.78. The molecule has 5 aromatic carbocycles. The van der Waals surface area contributed by atoms with Gasteiger partial charge in [0.05, 0.1) is 0 Å². The molecule has 2 nitrogen and oxygen atoms in total. The first-order chi connectivity index (χ1) is 14.9. The number of ether oxygens (including phenoxy) is 2. The Morgan fingerprint density at radius 1 is 0.433 bits per heavy atom. The van der Waals surface area contributed by atoms with Crippen molar-refractivity contribution in [2.24, 2.45) is 0 Å². The molecule has 0 amide bonds. The van der Waals surface area contributed by atoms with Crippen LogP contribution in [0.5, 0.6) is 11.5 Å². The maximum Gasteiger partial charge on any atom is 0.161 e. The molecule has 0 aliphatic carbocycles. The third kappa shape index (κ3) is 2.65. The summed E-state index contributed by atoms with van der Waals surface area (Å²) >= 11 is 0. The topological polar surface area (TPSA) is 18.5 Å². The van der Waals surface area contributed by atoms with Crippen LogP contribution in [0.3, 0.4) is 0 Å². The van der Waals surface area contributed by atoms with Crippen molar-refractivity contribution in [1.82, 2.24) is 0 Å². The van der Waals surface area contributed by atoms with Crippen LogP contribution < -0.4 is 9.47 Å². The molecule has 0 bridgehead atoms. The van der Waals surface area contributed by atoms with Gasteiger partial charge in [-0.1, -0.05) is 84.9 Å². The molecule has 0 unspecified atom stereocenters. The first kappa shape index (κ1) is 17.1. The molecular weight excluding hydrogens is 368 g/mol. The first-order valence-corrected chi connectivity index (χ1v) is 10.3. The summed E-state index contributed by atoms with van der Waals surface area (Å²) in [6, 6.07) is 34.3. The second kappa shape index (κ2) is 6.93. The van der Waals surface area contributed by atoms with E-state index < -0.39 is 0 Å². The van der Waals surface area contributed by atoms with E-state index in [-0.39, 0.29) is 0 Å². The average molecular weight is 388 g/mol. The smallest absolute Gasteiger partial charge is 0.161 e. The predicted octanol–water partition coefficient (Wildman–Crippen LogP) is 7.10. The molecule has 5 aromatic rings. The molecule has 0 radical (unpaired) electrons. The Morgan fingerprint density at radius 2 is 0.933 bits per heavy atom. The molecule has 0 atom stereocenters. The zero-order valence-corrected chi connectivity index (χ0v) is 16.5. The molecule has 1 heterocycles. The Morgan fingerprint density at radius 3 is 1.53 bits per heavy atom. The van der Waals surface area contributed by atoms with Gasteiger partial charge in [0.1, 0.15) is 13.2 Å². The van der Waals surface area contributed by atoms with Gasteiger partial charge in [-0.15, -0.1) is 0 Å². The molecule has 30 heavy (non-hydrogen) atoms. The van der Waals surface area contributed by atoms with Crippen molar-refractivity contribution in [3.05, 3.63) is 97.1 Å². The second-order valence-electron chi connectivity index (χ2n) is 7.57. The van der Waals surface area contributed by atoms with E-state index in [1.807, 2.05) is 6.07 Å². The van der Waals surface area contributed by atoms with Crippen molar-refractivity contribution < 1.29 is 9.47 Å². The van der Waals surface area contributed by atoms with Crippen LogP contribution in [0.1, 0.15) is 0 Å². The fourth-order valence-electron chi connectivity index (χ4n) is 4.55.